The largest absolute Gasteiger partial charge is 0.351 e. The average Bonchev–Trinajstić information content (AvgIpc) is 3.30. The van der Waals surface area contributed by atoms with E-state index in [2.05, 4.69) is 10.2 Å². The maximum atomic E-state index is 13.4. The van der Waals surface area contributed by atoms with Crippen LogP contribution in [0.5, 0.6) is 0 Å². The lowest BCUT2D eigenvalue weighted by molar-refractivity contribution is 0.102. The molecule has 7 heteroatoms. The zero-order valence-electron chi connectivity index (χ0n) is 17.0. The molecule has 0 amide bonds. The second-order valence-corrected chi connectivity index (χ2v) is 7.98. The van der Waals surface area contributed by atoms with Crippen molar-refractivity contribution in [3.05, 3.63) is 83.4 Å². The maximum Gasteiger partial charge on any atom is 0.196 e. The fraction of sp³-hybridized carbons (Fsp3) is 0.174. The molecule has 2 heterocycles. The van der Waals surface area contributed by atoms with Crippen molar-refractivity contribution < 1.29 is 9.18 Å². The average molecular weight is 421 g/mol. The van der Waals surface area contributed by atoms with E-state index in [1.54, 1.807) is 12.1 Å². The Morgan fingerprint density at radius 2 is 1.73 bits per heavy atom. The third-order valence-corrected chi connectivity index (χ3v) is 6.09. The molecule has 0 spiro atoms. The van der Waals surface area contributed by atoms with Gasteiger partial charge in [-0.1, -0.05) is 30.0 Å². The van der Waals surface area contributed by atoms with Crippen LogP contribution in [0.3, 0.4) is 0 Å². The highest BCUT2D eigenvalue weighted by atomic mass is 32.2. The van der Waals surface area contributed by atoms with Crippen LogP contribution in [0.15, 0.2) is 65.8 Å². The predicted molar refractivity (Wildman–Crippen MR) is 117 cm³/mol. The molecule has 0 fully saturated rings. The highest BCUT2D eigenvalue weighted by Gasteiger charge is 2.19. The normalized spacial score (nSPS) is 11.1. The minimum Gasteiger partial charge on any atom is -0.351 e. The molecule has 30 heavy (non-hydrogen) atoms. The Morgan fingerprint density at radius 1 is 1.03 bits per heavy atom. The molecule has 0 bridgehead atoms. The van der Waals surface area contributed by atoms with Gasteiger partial charge in [-0.05, 0) is 56.3 Å². The number of nitrogens with zero attached hydrogens (tertiary/aromatic N) is 4. The number of ketones is 1. The van der Waals surface area contributed by atoms with Crippen molar-refractivity contribution in [1.29, 1.82) is 0 Å². The lowest BCUT2D eigenvalue weighted by Gasteiger charge is -2.10. The van der Waals surface area contributed by atoms with Crippen molar-refractivity contribution in [2.75, 3.05) is 5.75 Å². The van der Waals surface area contributed by atoms with Gasteiger partial charge in [-0.25, -0.2) is 4.39 Å². The first-order valence-electron chi connectivity index (χ1n) is 9.51. The molecule has 0 radical (unpaired) electrons. The highest BCUT2D eigenvalue weighted by molar-refractivity contribution is 7.99. The van der Waals surface area contributed by atoms with E-state index in [1.807, 2.05) is 66.4 Å². The highest BCUT2D eigenvalue weighted by Crippen LogP contribution is 2.29. The van der Waals surface area contributed by atoms with E-state index in [4.69, 9.17) is 0 Å². The number of carbonyl (C=O) groups excluding carboxylic acids is 1. The van der Waals surface area contributed by atoms with Gasteiger partial charge in [0, 0.05) is 35.2 Å². The first-order valence-corrected chi connectivity index (χ1v) is 10.5. The van der Waals surface area contributed by atoms with Gasteiger partial charge in [0.2, 0.25) is 0 Å². The quantitative estimate of drug-likeness (QED) is 0.325. The number of hydrogen-bond donors (Lipinski definition) is 0. The van der Waals surface area contributed by atoms with E-state index < -0.39 is 0 Å². The van der Waals surface area contributed by atoms with Gasteiger partial charge in [0.15, 0.2) is 16.8 Å². The third-order valence-electron chi connectivity index (χ3n) is 5.16. The molecule has 0 aliphatic carbocycles. The van der Waals surface area contributed by atoms with Crippen molar-refractivity contribution in [3.63, 3.8) is 0 Å². The zero-order valence-corrected chi connectivity index (χ0v) is 17.8. The predicted octanol–water partition coefficient (Wildman–Crippen LogP) is 5.00. The summed E-state index contributed by atoms with van der Waals surface area (Å²) in [5, 5.41) is 9.27. The summed E-state index contributed by atoms with van der Waals surface area (Å²) in [5.74, 6) is 0.590. The van der Waals surface area contributed by atoms with Crippen LogP contribution in [0.4, 0.5) is 4.39 Å². The molecule has 152 valence electrons. The van der Waals surface area contributed by atoms with Crippen LogP contribution in [-0.2, 0) is 7.05 Å². The number of hydrogen-bond acceptors (Lipinski definition) is 4. The van der Waals surface area contributed by atoms with E-state index in [-0.39, 0.29) is 17.4 Å². The molecule has 5 nitrogen and oxygen atoms in total. The van der Waals surface area contributed by atoms with Gasteiger partial charge in [-0.3, -0.25) is 9.36 Å². The van der Waals surface area contributed by atoms with Crippen LogP contribution in [0.2, 0.25) is 0 Å². The van der Waals surface area contributed by atoms with Crippen molar-refractivity contribution in [2.45, 2.75) is 19.0 Å². The first kappa shape index (κ1) is 20.1. The molecule has 0 atom stereocenters. The summed E-state index contributed by atoms with van der Waals surface area (Å²) in [4.78, 5) is 12.8. The number of aryl methyl sites for hydroxylation is 1. The van der Waals surface area contributed by atoms with Gasteiger partial charge in [-0.15, -0.1) is 10.2 Å². The Balaban J connectivity index is 1.67. The van der Waals surface area contributed by atoms with Crippen molar-refractivity contribution in [1.82, 2.24) is 19.3 Å². The SMILES string of the molecule is Cc1cc(C(=O)CSc2nnc(-c3ccc(F)cc3)n2-c2ccccc2)c(C)n1C. The van der Waals surface area contributed by atoms with Gasteiger partial charge in [0.1, 0.15) is 5.82 Å². The van der Waals surface area contributed by atoms with Crippen LogP contribution < -0.4 is 0 Å². The fourth-order valence-electron chi connectivity index (χ4n) is 3.30. The smallest absolute Gasteiger partial charge is 0.196 e. The van der Waals surface area contributed by atoms with Gasteiger partial charge < -0.3 is 4.57 Å². The monoisotopic (exact) mass is 420 g/mol. The molecule has 0 unspecified atom stereocenters. The zero-order chi connectivity index (χ0) is 21.3. The van der Waals surface area contributed by atoms with Gasteiger partial charge >= 0.3 is 0 Å². The molecule has 0 aliphatic rings. The summed E-state index contributed by atoms with van der Waals surface area (Å²) in [5.41, 5.74) is 4.36. The number of carbonyl (C=O) groups is 1. The van der Waals surface area contributed by atoms with E-state index in [1.165, 1.54) is 23.9 Å². The standard InChI is InChI=1S/C23H21FN4OS/c1-15-13-20(16(2)27(15)3)21(29)14-30-23-26-25-22(17-9-11-18(24)12-10-17)28(23)19-7-5-4-6-8-19/h4-13H,14H2,1-3H3. The van der Waals surface area contributed by atoms with Crippen molar-refractivity contribution in [2.24, 2.45) is 7.05 Å². The van der Waals surface area contributed by atoms with Crippen LogP contribution >= 0.6 is 11.8 Å². The number of aromatic nitrogens is 4. The molecule has 2 aromatic heterocycles. The van der Waals surface area contributed by atoms with Gasteiger partial charge in [-0.2, -0.15) is 0 Å². The summed E-state index contributed by atoms with van der Waals surface area (Å²) in [6, 6.07) is 17.8. The topological polar surface area (TPSA) is 52.7 Å². The Hall–Kier alpha value is -3.19. The third kappa shape index (κ3) is 3.80. The Labute approximate surface area is 178 Å². The molecule has 0 saturated carbocycles. The second-order valence-electron chi connectivity index (χ2n) is 7.04. The van der Waals surface area contributed by atoms with Crippen molar-refractivity contribution in [3.8, 4) is 17.1 Å². The van der Waals surface area contributed by atoms with E-state index in [0.717, 1.165) is 28.2 Å². The van der Waals surface area contributed by atoms with Crippen LogP contribution in [-0.4, -0.2) is 30.9 Å². The molecular formula is C23H21FN4OS. The molecule has 4 rings (SSSR count). The van der Waals surface area contributed by atoms with E-state index >= 15 is 0 Å². The molecule has 0 saturated heterocycles. The number of benzene rings is 2. The number of thioether (sulfide) groups is 1. The minimum atomic E-state index is -0.307. The number of Topliss-reactive ketones (excluding diaryl/α,β-unsaturated/α-hetero) is 1. The summed E-state index contributed by atoms with van der Waals surface area (Å²) in [6.45, 7) is 3.93. The summed E-state index contributed by atoms with van der Waals surface area (Å²) < 4.78 is 17.3. The second kappa shape index (κ2) is 8.28. The number of para-hydroxylation sites is 1. The molecule has 0 aliphatic heterocycles. The van der Waals surface area contributed by atoms with E-state index in [9.17, 15) is 9.18 Å². The molecule has 0 N–H and O–H groups in total. The van der Waals surface area contributed by atoms with E-state index in [0.29, 0.717) is 11.0 Å². The molecule has 4 aromatic rings. The van der Waals surface area contributed by atoms with Crippen molar-refractivity contribution >= 4 is 17.5 Å². The maximum absolute atomic E-state index is 13.4. The number of rotatable bonds is 6. The van der Waals surface area contributed by atoms with Gasteiger partial charge in [0.05, 0.1) is 5.75 Å². The number of halogens is 1. The Morgan fingerprint density at radius 3 is 2.37 bits per heavy atom. The Bertz CT molecular complexity index is 1200. The van der Waals surface area contributed by atoms with Crippen LogP contribution in [0.1, 0.15) is 21.7 Å². The first-order chi connectivity index (χ1) is 14.5. The Kier molecular flexibility index (Phi) is 5.55. The lowest BCUT2D eigenvalue weighted by atomic mass is 10.2. The summed E-state index contributed by atoms with van der Waals surface area (Å²) in [7, 11) is 1.95. The summed E-state index contributed by atoms with van der Waals surface area (Å²) >= 11 is 1.34. The van der Waals surface area contributed by atoms with Gasteiger partial charge in [0.25, 0.3) is 0 Å². The molecule has 2 aromatic carbocycles. The molecular weight excluding hydrogens is 399 g/mol. The summed E-state index contributed by atoms with van der Waals surface area (Å²) in [6.07, 6.45) is 0. The van der Waals surface area contributed by atoms with Crippen LogP contribution in [0.25, 0.3) is 17.1 Å². The fourth-order valence-corrected chi connectivity index (χ4v) is 4.14. The minimum absolute atomic E-state index is 0.0483. The van der Waals surface area contributed by atoms with Crippen LogP contribution in [0, 0.1) is 19.7 Å². The lowest BCUT2D eigenvalue weighted by Crippen LogP contribution is -2.06.